The summed E-state index contributed by atoms with van der Waals surface area (Å²) in [6.07, 6.45) is 3.01. The van der Waals surface area contributed by atoms with Crippen LogP contribution in [0.1, 0.15) is 32.3 Å². The zero-order chi connectivity index (χ0) is 14.4. The van der Waals surface area contributed by atoms with E-state index >= 15 is 0 Å². The zero-order valence-corrected chi connectivity index (χ0v) is 13.0. The van der Waals surface area contributed by atoms with Gasteiger partial charge in [-0.3, -0.25) is 0 Å². The van der Waals surface area contributed by atoms with Crippen molar-refractivity contribution in [3.05, 3.63) is 23.8 Å². The second-order valence-corrected chi connectivity index (χ2v) is 8.54. The quantitative estimate of drug-likeness (QED) is 0.911. The van der Waals surface area contributed by atoms with E-state index in [9.17, 15) is 8.42 Å². The average molecular weight is 294 g/mol. The van der Waals surface area contributed by atoms with E-state index in [-0.39, 0.29) is 5.41 Å². The molecule has 4 nitrogen and oxygen atoms in total. The fourth-order valence-corrected chi connectivity index (χ4v) is 4.85. The van der Waals surface area contributed by atoms with Gasteiger partial charge in [-0.05, 0) is 42.4 Å². The van der Waals surface area contributed by atoms with Crippen molar-refractivity contribution < 1.29 is 8.42 Å². The Labute approximate surface area is 121 Å². The van der Waals surface area contributed by atoms with Crippen molar-refractivity contribution in [3.63, 3.8) is 0 Å². The number of anilines is 1. The third kappa shape index (κ3) is 2.44. The van der Waals surface area contributed by atoms with Crippen LogP contribution in [0.15, 0.2) is 23.1 Å². The van der Waals surface area contributed by atoms with Crippen LogP contribution < -0.4 is 5.32 Å². The van der Waals surface area contributed by atoms with Gasteiger partial charge in [0.1, 0.15) is 0 Å². The van der Waals surface area contributed by atoms with Crippen LogP contribution in [-0.4, -0.2) is 32.4 Å². The second-order valence-electron chi connectivity index (χ2n) is 6.60. The molecule has 0 aliphatic carbocycles. The highest BCUT2D eigenvalue weighted by Crippen LogP contribution is 2.33. The minimum Gasteiger partial charge on any atom is -0.384 e. The molecule has 1 aromatic carbocycles. The van der Waals surface area contributed by atoms with Gasteiger partial charge in [-0.1, -0.05) is 19.9 Å². The van der Waals surface area contributed by atoms with Crippen LogP contribution >= 0.6 is 0 Å². The molecule has 0 unspecified atom stereocenters. The molecule has 5 heteroatoms. The summed E-state index contributed by atoms with van der Waals surface area (Å²) in [5.74, 6) is 0. The Balaban J connectivity index is 1.92. The summed E-state index contributed by atoms with van der Waals surface area (Å²) in [5.41, 5.74) is 2.26. The SMILES string of the molecule is CC1(C)CCCN(S(=O)(=O)c2ccc3c(c2)NCC3)C1. The zero-order valence-electron chi connectivity index (χ0n) is 12.1. The normalized spacial score (nSPS) is 22.3. The number of sulfonamides is 1. The maximum atomic E-state index is 12.8. The molecule has 1 fully saturated rings. The molecule has 0 saturated carbocycles. The van der Waals surface area contributed by atoms with E-state index in [1.54, 1.807) is 16.4 Å². The van der Waals surface area contributed by atoms with Crippen molar-refractivity contribution in [2.45, 2.75) is 38.0 Å². The predicted octanol–water partition coefficient (Wildman–Crippen LogP) is 2.47. The first-order valence-electron chi connectivity index (χ1n) is 7.25. The van der Waals surface area contributed by atoms with Crippen molar-refractivity contribution in [2.24, 2.45) is 5.41 Å². The highest BCUT2D eigenvalue weighted by atomic mass is 32.2. The van der Waals surface area contributed by atoms with Crippen LogP contribution in [0, 0.1) is 5.41 Å². The molecule has 0 spiro atoms. The van der Waals surface area contributed by atoms with Crippen LogP contribution in [0.25, 0.3) is 0 Å². The van der Waals surface area contributed by atoms with E-state index in [1.165, 1.54) is 5.56 Å². The van der Waals surface area contributed by atoms with Crippen LogP contribution in [0.5, 0.6) is 0 Å². The van der Waals surface area contributed by atoms with Gasteiger partial charge in [-0.2, -0.15) is 4.31 Å². The van der Waals surface area contributed by atoms with E-state index in [2.05, 4.69) is 19.2 Å². The lowest BCUT2D eigenvalue weighted by molar-refractivity contribution is 0.187. The molecular weight excluding hydrogens is 272 g/mol. The maximum Gasteiger partial charge on any atom is 0.243 e. The largest absolute Gasteiger partial charge is 0.384 e. The van der Waals surface area contributed by atoms with E-state index in [0.29, 0.717) is 18.0 Å². The van der Waals surface area contributed by atoms with Crippen molar-refractivity contribution in [1.82, 2.24) is 4.31 Å². The predicted molar refractivity (Wildman–Crippen MR) is 80.4 cm³/mol. The van der Waals surface area contributed by atoms with Gasteiger partial charge in [0.25, 0.3) is 0 Å². The van der Waals surface area contributed by atoms with Gasteiger partial charge in [0, 0.05) is 25.3 Å². The first-order valence-corrected chi connectivity index (χ1v) is 8.69. The lowest BCUT2D eigenvalue weighted by Crippen LogP contribution is -2.43. The monoisotopic (exact) mass is 294 g/mol. The van der Waals surface area contributed by atoms with Crippen molar-refractivity contribution in [1.29, 1.82) is 0 Å². The molecule has 1 N–H and O–H groups in total. The number of nitrogens with one attached hydrogen (secondary N) is 1. The molecular formula is C15H22N2O2S. The van der Waals surface area contributed by atoms with E-state index < -0.39 is 10.0 Å². The second kappa shape index (κ2) is 4.74. The number of benzene rings is 1. The molecule has 110 valence electrons. The van der Waals surface area contributed by atoms with Gasteiger partial charge < -0.3 is 5.32 Å². The molecule has 2 aliphatic heterocycles. The Morgan fingerprint density at radius 2 is 2.10 bits per heavy atom. The fourth-order valence-electron chi connectivity index (χ4n) is 3.15. The van der Waals surface area contributed by atoms with Gasteiger partial charge in [-0.25, -0.2) is 8.42 Å². The van der Waals surface area contributed by atoms with E-state index in [0.717, 1.165) is 31.5 Å². The Morgan fingerprint density at radius 1 is 1.30 bits per heavy atom. The van der Waals surface area contributed by atoms with Gasteiger partial charge in [0.05, 0.1) is 4.90 Å². The molecule has 2 aliphatic rings. The van der Waals surface area contributed by atoms with E-state index in [1.807, 2.05) is 6.07 Å². The summed E-state index contributed by atoms with van der Waals surface area (Å²) in [4.78, 5) is 0.420. The van der Waals surface area contributed by atoms with Gasteiger partial charge in [0.2, 0.25) is 10.0 Å². The number of hydrogen-bond donors (Lipinski definition) is 1. The van der Waals surface area contributed by atoms with Crippen LogP contribution in [0.3, 0.4) is 0 Å². The number of hydrogen-bond acceptors (Lipinski definition) is 3. The lowest BCUT2D eigenvalue weighted by atomic mass is 9.85. The molecule has 0 bridgehead atoms. The third-order valence-electron chi connectivity index (χ3n) is 4.29. The molecule has 2 heterocycles. The fraction of sp³-hybridized carbons (Fsp3) is 0.600. The highest BCUT2D eigenvalue weighted by Gasteiger charge is 2.34. The van der Waals surface area contributed by atoms with Gasteiger partial charge in [-0.15, -0.1) is 0 Å². The Hall–Kier alpha value is -1.07. The molecule has 1 saturated heterocycles. The molecule has 3 rings (SSSR count). The minimum absolute atomic E-state index is 0.0697. The maximum absolute atomic E-state index is 12.8. The minimum atomic E-state index is -3.36. The van der Waals surface area contributed by atoms with Crippen molar-refractivity contribution in [2.75, 3.05) is 25.0 Å². The van der Waals surface area contributed by atoms with Crippen molar-refractivity contribution in [3.8, 4) is 0 Å². The average Bonchev–Trinajstić information content (AvgIpc) is 2.84. The molecule has 0 atom stereocenters. The number of nitrogens with zero attached hydrogens (tertiary/aromatic N) is 1. The first-order chi connectivity index (χ1) is 9.38. The number of rotatable bonds is 2. The molecule has 20 heavy (non-hydrogen) atoms. The van der Waals surface area contributed by atoms with Crippen LogP contribution in [0.4, 0.5) is 5.69 Å². The summed E-state index contributed by atoms with van der Waals surface area (Å²) in [6, 6.07) is 5.49. The van der Waals surface area contributed by atoms with Gasteiger partial charge >= 0.3 is 0 Å². The Morgan fingerprint density at radius 3 is 2.85 bits per heavy atom. The smallest absolute Gasteiger partial charge is 0.243 e. The Kier molecular flexibility index (Phi) is 3.29. The standard InChI is InChI=1S/C15H22N2O2S/c1-15(2)7-3-9-17(11-15)20(18,19)13-5-4-12-6-8-16-14(12)10-13/h4-5,10,16H,3,6-9,11H2,1-2H3. The summed E-state index contributed by atoms with van der Waals surface area (Å²) in [6.45, 7) is 6.42. The highest BCUT2D eigenvalue weighted by molar-refractivity contribution is 7.89. The van der Waals surface area contributed by atoms with Gasteiger partial charge in [0.15, 0.2) is 0 Å². The molecule has 0 amide bonds. The number of fused-ring (bicyclic) bond motifs is 1. The lowest BCUT2D eigenvalue weighted by Gasteiger charge is -2.37. The summed E-state index contributed by atoms with van der Waals surface area (Å²) >= 11 is 0. The third-order valence-corrected chi connectivity index (χ3v) is 6.14. The van der Waals surface area contributed by atoms with Crippen molar-refractivity contribution >= 4 is 15.7 Å². The van der Waals surface area contributed by atoms with E-state index in [4.69, 9.17) is 0 Å². The molecule has 1 aromatic rings. The number of piperidine rings is 1. The Bertz CT molecular complexity index is 623. The first kappa shape index (κ1) is 13.9. The summed E-state index contributed by atoms with van der Waals surface area (Å²) in [7, 11) is -3.36. The molecule has 0 radical (unpaired) electrons. The van der Waals surface area contributed by atoms with Crippen LogP contribution in [0.2, 0.25) is 0 Å². The topological polar surface area (TPSA) is 49.4 Å². The summed E-state index contributed by atoms with van der Waals surface area (Å²) in [5, 5.41) is 3.25. The molecule has 0 aromatic heterocycles. The summed E-state index contributed by atoms with van der Waals surface area (Å²) < 4.78 is 27.2. The van der Waals surface area contributed by atoms with Crippen LogP contribution in [-0.2, 0) is 16.4 Å².